The van der Waals surface area contributed by atoms with Crippen LogP contribution in [0.4, 0.5) is 4.39 Å². The van der Waals surface area contributed by atoms with E-state index in [9.17, 15) is 4.39 Å². The van der Waals surface area contributed by atoms with Crippen LogP contribution in [0.1, 0.15) is 17.4 Å². The number of imidazole rings is 1. The van der Waals surface area contributed by atoms with E-state index in [1.54, 1.807) is 12.4 Å². The highest BCUT2D eigenvalue weighted by atomic mass is 35.5. The standard InChI is InChI=1S/C10H9ClFN3/c11-6-1-2-8(12)7(5-6)9(13)10-14-3-4-15-10/h1-5,9H,13H2,(H,14,15). The monoisotopic (exact) mass is 225 g/mol. The summed E-state index contributed by atoms with van der Waals surface area (Å²) in [5, 5.41) is 0.452. The zero-order chi connectivity index (χ0) is 10.8. The molecular weight excluding hydrogens is 217 g/mol. The summed E-state index contributed by atoms with van der Waals surface area (Å²) < 4.78 is 13.4. The number of hydrogen-bond acceptors (Lipinski definition) is 2. The summed E-state index contributed by atoms with van der Waals surface area (Å²) in [7, 11) is 0. The second-order valence-corrected chi connectivity index (χ2v) is 3.55. The van der Waals surface area contributed by atoms with Gasteiger partial charge in [-0.3, -0.25) is 0 Å². The third-order valence-electron chi connectivity index (χ3n) is 2.11. The van der Waals surface area contributed by atoms with Crippen molar-refractivity contribution < 1.29 is 4.39 Å². The Labute approximate surface area is 91.1 Å². The molecule has 0 aliphatic heterocycles. The van der Waals surface area contributed by atoms with E-state index >= 15 is 0 Å². The Balaban J connectivity index is 2.41. The van der Waals surface area contributed by atoms with Gasteiger partial charge in [0.05, 0.1) is 6.04 Å². The minimum atomic E-state index is -0.626. The first kappa shape index (κ1) is 10.1. The summed E-state index contributed by atoms with van der Waals surface area (Å²) in [4.78, 5) is 6.81. The SMILES string of the molecule is NC(c1ncc[nH]1)c1cc(Cl)ccc1F. The Hall–Kier alpha value is -1.39. The van der Waals surface area contributed by atoms with E-state index in [0.29, 0.717) is 16.4 Å². The fourth-order valence-electron chi connectivity index (χ4n) is 1.35. The van der Waals surface area contributed by atoms with Gasteiger partial charge in [-0.25, -0.2) is 9.37 Å². The maximum atomic E-state index is 13.4. The van der Waals surface area contributed by atoms with Crippen molar-refractivity contribution in [1.29, 1.82) is 0 Å². The first-order valence-corrected chi connectivity index (χ1v) is 4.76. The van der Waals surface area contributed by atoms with Crippen molar-refractivity contribution >= 4 is 11.6 Å². The molecule has 1 aromatic carbocycles. The van der Waals surface area contributed by atoms with Gasteiger partial charge in [-0.2, -0.15) is 0 Å². The molecule has 2 aromatic rings. The molecule has 1 aromatic heterocycles. The number of aromatic amines is 1. The first-order valence-electron chi connectivity index (χ1n) is 4.38. The van der Waals surface area contributed by atoms with Gasteiger partial charge in [-0.05, 0) is 18.2 Å². The smallest absolute Gasteiger partial charge is 0.128 e. The lowest BCUT2D eigenvalue weighted by Gasteiger charge is -2.10. The van der Waals surface area contributed by atoms with Crippen molar-refractivity contribution in [3.63, 3.8) is 0 Å². The molecule has 0 aliphatic rings. The molecule has 3 nitrogen and oxygen atoms in total. The molecule has 1 heterocycles. The number of benzene rings is 1. The molecule has 78 valence electrons. The van der Waals surface area contributed by atoms with E-state index in [0.717, 1.165) is 0 Å². The van der Waals surface area contributed by atoms with E-state index in [1.807, 2.05) is 0 Å². The van der Waals surface area contributed by atoms with E-state index in [2.05, 4.69) is 9.97 Å². The van der Waals surface area contributed by atoms with Gasteiger partial charge in [0.1, 0.15) is 11.6 Å². The zero-order valence-electron chi connectivity index (χ0n) is 7.74. The van der Waals surface area contributed by atoms with Crippen LogP contribution in [0, 0.1) is 5.82 Å². The van der Waals surface area contributed by atoms with Crippen LogP contribution < -0.4 is 5.73 Å². The highest BCUT2D eigenvalue weighted by molar-refractivity contribution is 6.30. The van der Waals surface area contributed by atoms with Gasteiger partial charge in [-0.15, -0.1) is 0 Å². The number of hydrogen-bond donors (Lipinski definition) is 2. The van der Waals surface area contributed by atoms with Crippen molar-refractivity contribution in [2.75, 3.05) is 0 Å². The van der Waals surface area contributed by atoms with E-state index in [-0.39, 0.29) is 5.82 Å². The van der Waals surface area contributed by atoms with Crippen LogP contribution in [-0.4, -0.2) is 9.97 Å². The summed E-state index contributed by atoms with van der Waals surface area (Å²) >= 11 is 5.77. The molecule has 0 amide bonds. The average Bonchev–Trinajstić information content (AvgIpc) is 2.74. The second-order valence-electron chi connectivity index (χ2n) is 3.12. The quantitative estimate of drug-likeness (QED) is 0.824. The molecule has 0 saturated carbocycles. The van der Waals surface area contributed by atoms with Crippen LogP contribution in [0.15, 0.2) is 30.6 Å². The summed E-state index contributed by atoms with van der Waals surface area (Å²) in [6.07, 6.45) is 3.20. The third kappa shape index (κ3) is 2.00. The van der Waals surface area contributed by atoms with Crippen molar-refractivity contribution in [1.82, 2.24) is 9.97 Å². The number of aromatic nitrogens is 2. The van der Waals surface area contributed by atoms with Crippen LogP contribution >= 0.6 is 11.6 Å². The van der Waals surface area contributed by atoms with Gasteiger partial charge in [0, 0.05) is 23.0 Å². The molecule has 1 atom stereocenters. The molecule has 5 heteroatoms. The minimum absolute atomic E-state index is 0.331. The Kier molecular flexibility index (Phi) is 2.70. The van der Waals surface area contributed by atoms with Crippen molar-refractivity contribution in [3.05, 3.63) is 52.8 Å². The Morgan fingerprint density at radius 2 is 2.27 bits per heavy atom. The Morgan fingerprint density at radius 1 is 1.47 bits per heavy atom. The molecule has 0 radical (unpaired) electrons. The van der Waals surface area contributed by atoms with Crippen LogP contribution in [0.3, 0.4) is 0 Å². The second kappa shape index (κ2) is 4.00. The van der Waals surface area contributed by atoms with Crippen LogP contribution in [0.5, 0.6) is 0 Å². The molecule has 0 saturated heterocycles. The lowest BCUT2D eigenvalue weighted by molar-refractivity contribution is 0.595. The predicted molar refractivity (Wildman–Crippen MR) is 56.0 cm³/mol. The number of nitrogens with zero attached hydrogens (tertiary/aromatic N) is 1. The topological polar surface area (TPSA) is 54.7 Å². The highest BCUT2D eigenvalue weighted by Gasteiger charge is 2.15. The molecule has 15 heavy (non-hydrogen) atoms. The first-order chi connectivity index (χ1) is 7.18. The number of nitrogens with one attached hydrogen (secondary N) is 1. The van der Waals surface area contributed by atoms with Gasteiger partial charge in [-0.1, -0.05) is 11.6 Å². The van der Waals surface area contributed by atoms with Crippen molar-refractivity contribution in [3.8, 4) is 0 Å². The van der Waals surface area contributed by atoms with Crippen molar-refractivity contribution in [2.45, 2.75) is 6.04 Å². The number of H-pyrrole nitrogens is 1. The largest absolute Gasteiger partial charge is 0.347 e. The summed E-state index contributed by atoms with van der Waals surface area (Å²) in [6.45, 7) is 0. The molecule has 2 rings (SSSR count). The normalized spacial score (nSPS) is 12.7. The Bertz CT molecular complexity index is 456. The van der Waals surface area contributed by atoms with Gasteiger partial charge in [0.25, 0.3) is 0 Å². The van der Waals surface area contributed by atoms with Crippen LogP contribution in [0.2, 0.25) is 5.02 Å². The Morgan fingerprint density at radius 3 is 2.93 bits per heavy atom. The van der Waals surface area contributed by atoms with Gasteiger partial charge in [0.2, 0.25) is 0 Å². The fourth-order valence-corrected chi connectivity index (χ4v) is 1.53. The maximum Gasteiger partial charge on any atom is 0.128 e. The molecule has 0 aliphatic carbocycles. The maximum absolute atomic E-state index is 13.4. The molecule has 0 spiro atoms. The predicted octanol–water partition coefficient (Wildman–Crippen LogP) is 2.25. The van der Waals surface area contributed by atoms with E-state index < -0.39 is 6.04 Å². The number of rotatable bonds is 2. The van der Waals surface area contributed by atoms with Crippen LogP contribution in [0.25, 0.3) is 0 Å². The van der Waals surface area contributed by atoms with E-state index in [1.165, 1.54) is 18.2 Å². The minimum Gasteiger partial charge on any atom is -0.347 e. The molecule has 1 unspecified atom stereocenters. The summed E-state index contributed by atoms with van der Waals surface area (Å²) in [5.41, 5.74) is 6.17. The average molecular weight is 226 g/mol. The molecular formula is C10H9ClFN3. The summed E-state index contributed by atoms with van der Waals surface area (Å²) in [6, 6.07) is 3.65. The lowest BCUT2D eigenvalue weighted by Crippen LogP contribution is -2.15. The number of nitrogens with two attached hydrogens (primary N) is 1. The molecule has 0 fully saturated rings. The lowest BCUT2D eigenvalue weighted by atomic mass is 10.1. The van der Waals surface area contributed by atoms with Gasteiger partial charge >= 0.3 is 0 Å². The number of halogens is 2. The van der Waals surface area contributed by atoms with Gasteiger partial charge < -0.3 is 10.7 Å². The van der Waals surface area contributed by atoms with Gasteiger partial charge in [0.15, 0.2) is 0 Å². The third-order valence-corrected chi connectivity index (χ3v) is 2.34. The summed E-state index contributed by atoms with van der Waals surface area (Å²) in [5.74, 6) is 0.125. The van der Waals surface area contributed by atoms with E-state index in [4.69, 9.17) is 17.3 Å². The highest BCUT2D eigenvalue weighted by Crippen LogP contribution is 2.22. The molecule has 0 bridgehead atoms. The fraction of sp³-hybridized carbons (Fsp3) is 0.100. The zero-order valence-corrected chi connectivity index (χ0v) is 8.50. The molecule has 3 N–H and O–H groups in total. The van der Waals surface area contributed by atoms with Crippen LogP contribution in [-0.2, 0) is 0 Å². The van der Waals surface area contributed by atoms with Crippen molar-refractivity contribution in [2.24, 2.45) is 5.73 Å².